The van der Waals surface area contributed by atoms with E-state index < -0.39 is 6.03 Å². The van der Waals surface area contributed by atoms with Gasteiger partial charge in [0.05, 0.1) is 4.47 Å². The Morgan fingerprint density at radius 2 is 2.00 bits per heavy atom. The number of urea groups is 1. The van der Waals surface area contributed by atoms with Crippen LogP contribution in [0.15, 0.2) is 65.3 Å². The van der Waals surface area contributed by atoms with Crippen LogP contribution in [0.4, 0.5) is 22.2 Å². The maximum absolute atomic E-state index is 12.4. The normalized spacial score (nSPS) is 10.2. The molecule has 3 aromatic rings. The molecule has 0 aliphatic rings. The highest BCUT2D eigenvalue weighted by atomic mass is 79.9. The van der Waals surface area contributed by atoms with Crippen LogP contribution in [0.5, 0.6) is 11.5 Å². The fourth-order valence-corrected chi connectivity index (χ4v) is 2.46. The molecule has 0 saturated carbocycles. The van der Waals surface area contributed by atoms with Gasteiger partial charge in [0, 0.05) is 25.0 Å². The first kappa shape index (κ1) is 19.4. The number of phenolic OH excluding ortho intramolecular Hbond substituents is 1. The molecule has 2 amide bonds. The van der Waals surface area contributed by atoms with Crippen molar-refractivity contribution in [2.45, 2.75) is 0 Å². The first-order chi connectivity index (χ1) is 13.5. The van der Waals surface area contributed by atoms with Gasteiger partial charge in [-0.3, -0.25) is 10.2 Å². The number of nitrogens with zero attached hydrogens (tertiary/aromatic N) is 3. The van der Waals surface area contributed by atoms with Gasteiger partial charge in [0.25, 0.3) is 0 Å². The average Bonchev–Trinajstić information content (AvgIpc) is 2.69. The number of benzene rings is 2. The van der Waals surface area contributed by atoms with Crippen LogP contribution in [-0.4, -0.2) is 39.8 Å². The van der Waals surface area contributed by atoms with Crippen molar-refractivity contribution in [2.75, 3.05) is 24.4 Å². The summed E-state index contributed by atoms with van der Waals surface area (Å²) in [6.07, 6.45) is 1.52. The lowest BCUT2D eigenvalue weighted by molar-refractivity contribution is 0.163. The summed E-state index contributed by atoms with van der Waals surface area (Å²) in [6, 6.07) is 15.4. The molecular weight excluding hydrogens is 426 g/mol. The largest absolute Gasteiger partial charge is 0.508 e. The van der Waals surface area contributed by atoms with Crippen LogP contribution in [0.3, 0.4) is 0 Å². The third-order valence-corrected chi connectivity index (χ3v) is 4.17. The molecule has 9 heteroatoms. The molecule has 0 saturated heterocycles. The van der Waals surface area contributed by atoms with Gasteiger partial charge >= 0.3 is 6.03 Å². The van der Waals surface area contributed by atoms with Gasteiger partial charge < -0.3 is 15.2 Å². The van der Waals surface area contributed by atoms with Gasteiger partial charge in [-0.05, 0) is 40.2 Å². The quantitative estimate of drug-likeness (QED) is 0.493. The second kappa shape index (κ2) is 9.05. The van der Waals surface area contributed by atoms with Crippen molar-refractivity contribution in [3.05, 3.63) is 65.3 Å². The van der Waals surface area contributed by atoms with Crippen LogP contribution >= 0.6 is 15.9 Å². The summed E-state index contributed by atoms with van der Waals surface area (Å²) in [5, 5.41) is 15.2. The zero-order chi connectivity index (χ0) is 19.9. The topological polar surface area (TPSA) is 99.6 Å². The lowest BCUT2D eigenvalue weighted by atomic mass is 10.3. The second-order valence-corrected chi connectivity index (χ2v) is 6.63. The van der Waals surface area contributed by atoms with Crippen LogP contribution in [0.25, 0.3) is 0 Å². The summed E-state index contributed by atoms with van der Waals surface area (Å²) in [7, 11) is 1.61. The number of para-hydroxylation sites is 1. The Morgan fingerprint density at radius 1 is 1.21 bits per heavy atom. The summed E-state index contributed by atoms with van der Waals surface area (Å²) in [5.74, 6) is 1.36. The molecule has 0 atom stereocenters. The SMILES string of the molecule is CN(COc1ccccc1)C(=O)Nc1nc(Nc2cccc(O)c2)ncc1Br. The maximum Gasteiger partial charge on any atom is 0.325 e. The Hall–Kier alpha value is -3.33. The molecule has 0 aliphatic heterocycles. The number of aromatic hydroxyl groups is 1. The standard InChI is InChI=1S/C19H18BrN5O3/c1-25(12-28-15-8-3-2-4-9-15)19(27)24-17-16(20)11-21-18(23-17)22-13-6-5-7-14(26)10-13/h2-11,26H,12H2,1H3,(H2,21,22,23,24,27). The lowest BCUT2D eigenvalue weighted by Gasteiger charge is -2.18. The minimum atomic E-state index is -0.390. The molecule has 28 heavy (non-hydrogen) atoms. The van der Waals surface area contributed by atoms with Crippen LogP contribution in [0.1, 0.15) is 0 Å². The third-order valence-electron chi connectivity index (χ3n) is 3.59. The van der Waals surface area contributed by atoms with Crippen molar-refractivity contribution < 1.29 is 14.6 Å². The van der Waals surface area contributed by atoms with Crippen molar-refractivity contribution in [2.24, 2.45) is 0 Å². The first-order valence-corrected chi connectivity index (χ1v) is 9.09. The molecule has 8 nitrogen and oxygen atoms in total. The molecule has 0 unspecified atom stereocenters. The highest BCUT2D eigenvalue weighted by Gasteiger charge is 2.13. The van der Waals surface area contributed by atoms with Crippen molar-refractivity contribution in [3.8, 4) is 11.5 Å². The van der Waals surface area contributed by atoms with Crippen molar-refractivity contribution >= 4 is 39.4 Å². The molecule has 1 heterocycles. The number of hydrogen-bond acceptors (Lipinski definition) is 6. The Balaban J connectivity index is 1.63. The van der Waals surface area contributed by atoms with E-state index in [0.29, 0.717) is 21.7 Å². The molecule has 0 radical (unpaired) electrons. The number of carbonyl (C=O) groups excluding carboxylic acids is 1. The molecule has 0 aliphatic carbocycles. The van der Waals surface area contributed by atoms with E-state index in [0.717, 1.165) is 0 Å². The molecule has 0 fully saturated rings. The predicted octanol–water partition coefficient (Wildman–Crippen LogP) is 4.19. The number of rotatable bonds is 6. The van der Waals surface area contributed by atoms with Gasteiger partial charge in [0.2, 0.25) is 5.95 Å². The van der Waals surface area contributed by atoms with Crippen LogP contribution in [0, 0.1) is 0 Å². The predicted molar refractivity (Wildman–Crippen MR) is 110 cm³/mol. The van der Waals surface area contributed by atoms with Gasteiger partial charge in [-0.1, -0.05) is 24.3 Å². The van der Waals surface area contributed by atoms with Gasteiger partial charge in [-0.2, -0.15) is 4.98 Å². The number of hydrogen-bond donors (Lipinski definition) is 3. The number of ether oxygens (including phenoxy) is 1. The molecule has 3 rings (SSSR count). The monoisotopic (exact) mass is 443 g/mol. The minimum Gasteiger partial charge on any atom is -0.508 e. The second-order valence-electron chi connectivity index (χ2n) is 5.78. The summed E-state index contributed by atoms with van der Waals surface area (Å²) < 4.78 is 6.08. The Kier molecular flexibility index (Phi) is 6.28. The van der Waals surface area contributed by atoms with Crippen LogP contribution in [-0.2, 0) is 0 Å². The summed E-state index contributed by atoms with van der Waals surface area (Å²) in [6.45, 7) is 0.0763. The number of aromatic nitrogens is 2. The van der Waals surface area contributed by atoms with Gasteiger partial charge in [0.1, 0.15) is 11.5 Å². The van der Waals surface area contributed by atoms with Crippen molar-refractivity contribution in [1.29, 1.82) is 0 Å². The molecule has 3 N–H and O–H groups in total. The smallest absolute Gasteiger partial charge is 0.325 e. The van der Waals surface area contributed by atoms with Crippen LogP contribution < -0.4 is 15.4 Å². The Labute approximate surface area is 170 Å². The maximum atomic E-state index is 12.4. The number of nitrogens with one attached hydrogen (secondary N) is 2. The van der Waals surface area contributed by atoms with Gasteiger partial charge in [-0.15, -0.1) is 0 Å². The first-order valence-electron chi connectivity index (χ1n) is 8.30. The molecular formula is C19H18BrN5O3. The van der Waals surface area contributed by atoms with E-state index in [9.17, 15) is 9.90 Å². The van der Waals surface area contributed by atoms with Gasteiger partial charge in [-0.25, -0.2) is 9.78 Å². The number of anilines is 3. The van der Waals surface area contributed by atoms with E-state index >= 15 is 0 Å². The van der Waals surface area contributed by atoms with E-state index in [2.05, 4.69) is 36.5 Å². The Bertz CT molecular complexity index is 955. The highest BCUT2D eigenvalue weighted by Crippen LogP contribution is 2.23. The summed E-state index contributed by atoms with van der Waals surface area (Å²) >= 11 is 3.32. The van der Waals surface area contributed by atoms with Crippen LogP contribution in [0.2, 0.25) is 0 Å². The molecule has 1 aromatic heterocycles. The number of carbonyl (C=O) groups is 1. The van der Waals surface area contributed by atoms with Gasteiger partial charge in [0.15, 0.2) is 12.5 Å². The number of phenols is 1. The zero-order valence-corrected chi connectivity index (χ0v) is 16.5. The van der Waals surface area contributed by atoms with E-state index in [1.54, 1.807) is 31.3 Å². The summed E-state index contributed by atoms with van der Waals surface area (Å²) in [4.78, 5) is 22.2. The highest BCUT2D eigenvalue weighted by molar-refractivity contribution is 9.10. The fraction of sp³-hybridized carbons (Fsp3) is 0.105. The molecule has 2 aromatic carbocycles. The lowest BCUT2D eigenvalue weighted by Crippen LogP contribution is -2.34. The van der Waals surface area contributed by atoms with Crippen molar-refractivity contribution in [1.82, 2.24) is 14.9 Å². The average molecular weight is 444 g/mol. The van der Waals surface area contributed by atoms with E-state index in [1.165, 1.54) is 11.1 Å². The zero-order valence-electron chi connectivity index (χ0n) is 15.0. The van der Waals surface area contributed by atoms with E-state index in [1.807, 2.05) is 30.3 Å². The third kappa shape index (κ3) is 5.34. The molecule has 0 bridgehead atoms. The minimum absolute atomic E-state index is 0.0763. The van der Waals surface area contributed by atoms with Crippen molar-refractivity contribution in [3.63, 3.8) is 0 Å². The fourth-order valence-electron chi connectivity index (χ4n) is 2.17. The van der Waals surface area contributed by atoms with E-state index in [4.69, 9.17) is 4.74 Å². The molecule has 0 spiro atoms. The summed E-state index contributed by atoms with van der Waals surface area (Å²) in [5.41, 5.74) is 0.618. The van der Waals surface area contributed by atoms with E-state index in [-0.39, 0.29) is 18.4 Å². The number of halogens is 1. The molecule has 144 valence electrons. The Morgan fingerprint density at radius 3 is 2.75 bits per heavy atom. The number of amides is 2.